The monoisotopic (exact) mass is 274 g/mol. The van der Waals surface area contributed by atoms with Gasteiger partial charge in [0.2, 0.25) is 0 Å². The number of nitrogens with zero attached hydrogens (tertiary/aromatic N) is 1. The number of hydrogen-bond acceptors (Lipinski definition) is 3. The normalized spacial score (nSPS) is 11.3. The van der Waals surface area contributed by atoms with Gasteiger partial charge in [0, 0.05) is 18.1 Å². The summed E-state index contributed by atoms with van der Waals surface area (Å²) < 4.78 is 54.3. The van der Waals surface area contributed by atoms with Gasteiger partial charge in [-0.1, -0.05) is 12.1 Å². The lowest BCUT2D eigenvalue weighted by atomic mass is 10.1. The number of benzene rings is 1. The summed E-state index contributed by atoms with van der Waals surface area (Å²) in [5, 5.41) is 3.16. The van der Waals surface area contributed by atoms with Crippen molar-refractivity contribution in [3.8, 4) is 5.75 Å². The highest BCUT2D eigenvalue weighted by Gasteiger charge is 2.16. The third-order valence-corrected chi connectivity index (χ3v) is 2.53. The van der Waals surface area contributed by atoms with Gasteiger partial charge in [0.1, 0.15) is 11.2 Å². The first kappa shape index (κ1) is 13.4. The van der Waals surface area contributed by atoms with E-state index in [1.165, 1.54) is 18.2 Å². The fourth-order valence-electron chi connectivity index (χ4n) is 1.75. The van der Waals surface area contributed by atoms with Crippen LogP contribution in [-0.4, -0.2) is 18.6 Å². The van der Waals surface area contributed by atoms with Crippen molar-refractivity contribution in [2.45, 2.75) is 13.0 Å². The van der Waals surface area contributed by atoms with E-state index in [4.69, 9.17) is 0 Å². The number of rotatable bonds is 4. The van der Waals surface area contributed by atoms with Gasteiger partial charge in [-0.15, -0.1) is 0 Å². The van der Waals surface area contributed by atoms with Crippen LogP contribution in [0.1, 0.15) is 12.1 Å². The topological polar surface area (TPSA) is 34.2 Å². The molecule has 0 saturated heterocycles. The van der Waals surface area contributed by atoms with Crippen molar-refractivity contribution in [1.29, 1.82) is 0 Å². The van der Waals surface area contributed by atoms with E-state index in [-0.39, 0.29) is 11.3 Å². The summed E-state index contributed by atoms with van der Waals surface area (Å²) in [6.45, 7) is -3.04. The summed E-state index contributed by atoms with van der Waals surface area (Å²) in [6, 6.07) is 5.52. The van der Waals surface area contributed by atoms with Crippen LogP contribution in [0.5, 0.6) is 5.75 Å². The third-order valence-electron chi connectivity index (χ3n) is 2.53. The molecule has 0 aliphatic heterocycles. The molecule has 1 heterocycles. The lowest BCUT2D eigenvalue weighted by molar-refractivity contribution is -0.0489. The zero-order valence-corrected chi connectivity index (χ0v) is 9.83. The first-order chi connectivity index (χ1) is 9.02. The van der Waals surface area contributed by atoms with Crippen molar-refractivity contribution in [3.05, 3.63) is 30.0 Å². The molecule has 0 amide bonds. The smallest absolute Gasteiger partial charge is 0.387 e. The van der Waals surface area contributed by atoms with E-state index in [1.807, 2.05) is 0 Å². The Morgan fingerprint density at radius 3 is 2.53 bits per heavy atom. The molecule has 1 aromatic carbocycles. The third kappa shape index (κ3) is 2.69. The number of nitrogens with one attached hydrogen (secondary N) is 1. The maximum absolute atomic E-state index is 12.7. The predicted molar refractivity (Wildman–Crippen MR) is 62.9 cm³/mol. The number of anilines is 1. The van der Waals surface area contributed by atoms with Crippen LogP contribution in [-0.2, 0) is 0 Å². The summed E-state index contributed by atoms with van der Waals surface area (Å²) in [4.78, 5) is 3.69. The molecule has 0 spiro atoms. The molecular weight excluding hydrogens is 264 g/mol. The van der Waals surface area contributed by atoms with Gasteiger partial charge in [-0.05, 0) is 12.1 Å². The van der Waals surface area contributed by atoms with Gasteiger partial charge in [-0.3, -0.25) is 0 Å². The Kier molecular flexibility index (Phi) is 3.73. The van der Waals surface area contributed by atoms with E-state index < -0.39 is 18.7 Å². The van der Waals surface area contributed by atoms with Gasteiger partial charge in [0.25, 0.3) is 6.43 Å². The molecule has 0 aliphatic carbocycles. The molecule has 1 N–H and O–H groups in total. The number of fused-ring (bicyclic) bond motifs is 1. The average Bonchev–Trinajstić information content (AvgIpc) is 2.37. The molecule has 1 aromatic heterocycles. The molecule has 0 unspecified atom stereocenters. The molecule has 3 nitrogen and oxygen atoms in total. The second kappa shape index (κ2) is 5.29. The summed E-state index contributed by atoms with van der Waals surface area (Å²) in [6.07, 6.45) is -2.80. The van der Waals surface area contributed by atoms with Crippen molar-refractivity contribution >= 4 is 16.6 Å². The zero-order valence-electron chi connectivity index (χ0n) is 9.83. The fraction of sp³-hybridized carbons (Fsp3) is 0.250. The van der Waals surface area contributed by atoms with Crippen LogP contribution in [0.2, 0.25) is 0 Å². The van der Waals surface area contributed by atoms with Crippen molar-refractivity contribution in [2.24, 2.45) is 0 Å². The average molecular weight is 274 g/mol. The predicted octanol–water partition coefficient (Wildman–Crippen LogP) is 3.82. The van der Waals surface area contributed by atoms with Crippen LogP contribution in [0, 0.1) is 0 Å². The molecule has 102 valence electrons. The summed E-state index contributed by atoms with van der Waals surface area (Å²) in [5.74, 6) is -0.230. The number of alkyl halides is 4. The minimum atomic E-state index is -3.04. The number of ether oxygens (including phenoxy) is 1. The van der Waals surface area contributed by atoms with Gasteiger partial charge in [0.15, 0.2) is 5.75 Å². The Morgan fingerprint density at radius 2 is 1.95 bits per heavy atom. The van der Waals surface area contributed by atoms with E-state index in [1.54, 1.807) is 13.1 Å². The SMILES string of the molecule is CNc1cc(C(F)F)nc2c(OC(F)F)cccc12. The van der Waals surface area contributed by atoms with E-state index in [0.717, 1.165) is 0 Å². The van der Waals surface area contributed by atoms with Crippen molar-refractivity contribution < 1.29 is 22.3 Å². The van der Waals surface area contributed by atoms with Crippen LogP contribution >= 0.6 is 0 Å². The number of para-hydroxylation sites is 1. The highest BCUT2D eigenvalue weighted by molar-refractivity contribution is 5.95. The van der Waals surface area contributed by atoms with Crippen molar-refractivity contribution in [2.75, 3.05) is 12.4 Å². The molecule has 0 fully saturated rings. The second-order valence-electron chi connectivity index (χ2n) is 3.68. The Morgan fingerprint density at radius 1 is 1.21 bits per heavy atom. The number of hydrogen-bond donors (Lipinski definition) is 1. The van der Waals surface area contributed by atoms with Gasteiger partial charge in [-0.2, -0.15) is 8.78 Å². The van der Waals surface area contributed by atoms with E-state index >= 15 is 0 Å². The van der Waals surface area contributed by atoms with Crippen LogP contribution in [0.15, 0.2) is 24.3 Å². The van der Waals surface area contributed by atoms with Crippen LogP contribution < -0.4 is 10.1 Å². The largest absolute Gasteiger partial charge is 0.432 e. The minimum Gasteiger partial charge on any atom is -0.432 e. The van der Waals surface area contributed by atoms with Gasteiger partial charge >= 0.3 is 6.61 Å². The molecule has 0 saturated carbocycles. The lowest BCUT2D eigenvalue weighted by Crippen LogP contribution is -2.04. The van der Waals surface area contributed by atoms with Crippen LogP contribution in [0.4, 0.5) is 23.2 Å². The summed E-state index contributed by atoms with van der Waals surface area (Å²) in [5.41, 5.74) is -0.146. The van der Waals surface area contributed by atoms with E-state index in [0.29, 0.717) is 11.1 Å². The second-order valence-corrected chi connectivity index (χ2v) is 3.68. The molecule has 0 radical (unpaired) electrons. The van der Waals surface area contributed by atoms with Gasteiger partial charge in [-0.25, -0.2) is 13.8 Å². The van der Waals surface area contributed by atoms with E-state index in [2.05, 4.69) is 15.0 Å². The standard InChI is InChI=1S/C12H10F4N2O/c1-17-7-5-8(11(13)14)18-10-6(7)3-2-4-9(10)19-12(15)16/h2-5,11-12H,1H3,(H,17,18). The molecule has 2 rings (SSSR count). The molecular formula is C12H10F4N2O. The minimum absolute atomic E-state index is 0.0232. The lowest BCUT2D eigenvalue weighted by Gasteiger charge is -2.12. The van der Waals surface area contributed by atoms with Gasteiger partial charge < -0.3 is 10.1 Å². The first-order valence-corrected chi connectivity index (χ1v) is 5.37. The summed E-state index contributed by atoms with van der Waals surface area (Å²) >= 11 is 0. The van der Waals surface area contributed by atoms with Gasteiger partial charge in [0.05, 0.1) is 0 Å². The van der Waals surface area contributed by atoms with Crippen LogP contribution in [0.25, 0.3) is 10.9 Å². The molecule has 7 heteroatoms. The molecule has 0 atom stereocenters. The Hall–Kier alpha value is -2.05. The Balaban J connectivity index is 2.68. The number of aromatic nitrogens is 1. The number of halogens is 4. The molecule has 0 aliphatic rings. The quantitative estimate of drug-likeness (QED) is 0.861. The molecule has 0 bridgehead atoms. The number of pyridine rings is 1. The first-order valence-electron chi connectivity index (χ1n) is 5.37. The van der Waals surface area contributed by atoms with Crippen molar-refractivity contribution in [3.63, 3.8) is 0 Å². The Bertz CT molecular complexity index is 589. The van der Waals surface area contributed by atoms with E-state index in [9.17, 15) is 17.6 Å². The fourth-order valence-corrected chi connectivity index (χ4v) is 1.75. The zero-order chi connectivity index (χ0) is 14.0. The molecule has 19 heavy (non-hydrogen) atoms. The van der Waals surface area contributed by atoms with Crippen LogP contribution in [0.3, 0.4) is 0 Å². The molecule has 2 aromatic rings. The maximum atomic E-state index is 12.7. The summed E-state index contributed by atoms with van der Waals surface area (Å²) in [7, 11) is 1.55. The van der Waals surface area contributed by atoms with Crippen molar-refractivity contribution in [1.82, 2.24) is 4.98 Å². The Labute approximate surface area is 106 Å². The highest BCUT2D eigenvalue weighted by atomic mass is 19.3. The highest BCUT2D eigenvalue weighted by Crippen LogP contribution is 2.33. The maximum Gasteiger partial charge on any atom is 0.387 e.